The van der Waals surface area contributed by atoms with E-state index in [9.17, 15) is 0 Å². The van der Waals surface area contributed by atoms with Gasteiger partial charge in [0.25, 0.3) is 0 Å². The fraction of sp³-hybridized carbons (Fsp3) is 0.818. The quantitative estimate of drug-likeness (QED) is 0.422. The molecule has 14 heavy (non-hydrogen) atoms. The summed E-state index contributed by atoms with van der Waals surface area (Å²) in [5.41, 5.74) is -0.0213. The van der Waals surface area contributed by atoms with Crippen LogP contribution in [-0.4, -0.2) is 40.6 Å². The average Bonchev–Trinajstić information content (AvgIpc) is 2.19. The van der Waals surface area contributed by atoms with Crippen molar-refractivity contribution in [1.82, 2.24) is 0 Å². The summed E-state index contributed by atoms with van der Waals surface area (Å²) in [6, 6.07) is 0. The topological polar surface area (TPSA) is 27.7 Å². The molecule has 0 aliphatic heterocycles. The van der Waals surface area contributed by atoms with Crippen molar-refractivity contribution in [2.24, 2.45) is 5.41 Å². The lowest BCUT2D eigenvalue weighted by atomic mass is 9.88. The zero-order chi connectivity index (χ0) is 10.9. The van der Waals surface area contributed by atoms with Gasteiger partial charge in [-0.15, -0.1) is 6.58 Å². The lowest BCUT2D eigenvalue weighted by Crippen LogP contribution is -2.36. The first kappa shape index (κ1) is 13.6. The average molecular weight is 202 g/mol. The third kappa shape index (κ3) is 4.74. The van der Waals surface area contributed by atoms with Gasteiger partial charge in [-0.05, 0) is 6.42 Å². The first-order valence-corrected chi connectivity index (χ1v) is 4.91. The highest BCUT2D eigenvalue weighted by molar-refractivity contribution is 4.78. The first-order valence-electron chi connectivity index (χ1n) is 4.91. The zero-order valence-electron chi connectivity index (χ0n) is 9.54. The van der Waals surface area contributed by atoms with Gasteiger partial charge >= 0.3 is 0 Å². The van der Waals surface area contributed by atoms with Crippen LogP contribution in [0.1, 0.15) is 13.3 Å². The van der Waals surface area contributed by atoms with E-state index in [0.717, 1.165) is 6.42 Å². The molecule has 0 heterocycles. The molecule has 0 aliphatic rings. The van der Waals surface area contributed by atoms with Crippen LogP contribution in [0.3, 0.4) is 0 Å². The van der Waals surface area contributed by atoms with Crippen molar-refractivity contribution in [1.29, 1.82) is 0 Å². The molecule has 0 aliphatic carbocycles. The molecule has 0 rings (SSSR count). The molecular formula is C11H22O3. The van der Waals surface area contributed by atoms with E-state index >= 15 is 0 Å². The van der Waals surface area contributed by atoms with E-state index in [2.05, 4.69) is 13.5 Å². The number of rotatable bonds is 9. The highest BCUT2D eigenvalue weighted by atomic mass is 16.5. The van der Waals surface area contributed by atoms with Crippen LogP contribution in [0.15, 0.2) is 12.7 Å². The fourth-order valence-corrected chi connectivity index (χ4v) is 1.40. The summed E-state index contributed by atoms with van der Waals surface area (Å²) in [7, 11) is 3.40. The number of methoxy groups -OCH3 is 2. The van der Waals surface area contributed by atoms with Gasteiger partial charge in [0.15, 0.2) is 0 Å². The molecule has 0 aromatic rings. The highest BCUT2D eigenvalue weighted by Gasteiger charge is 2.28. The van der Waals surface area contributed by atoms with Crippen LogP contribution >= 0.6 is 0 Å². The second-order valence-electron chi connectivity index (χ2n) is 3.52. The molecular weight excluding hydrogens is 180 g/mol. The third-order valence-electron chi connectivity index (χ3n) is 2.29. The maximum atomic E-state index is 5.47. The largest absolute Gasteiger partial charge is 0.384 e. The standard InChI is InChI=1S/C11H22O3/c1-5-7-14-10-11(6-2,8-12-3)9-13-4/h5H,1,6-10H2,2-4H3. The van der Waals surface area contributed by atoms with Crippen molar-refractivity contribution in [3.8, 4) is 0 Å². The summed E-state index contributed by atoms with van der Waals surface area (Å²) >= 11 is 0. The van der Waals surface area contributed by atoms with Crippen molar-refractivity contribution >= 4 is 0 Å². The summed E-state index contributed by atoms with van der Waals surface area (Å²) in [4.78, 5) is 0. The second kappa shape index (κ2) is 7.97. The Hall–Kier alpha value is -0.380. The van der Waals surface area contributed by atoms with Crippen LogP contribution in [0.2, 0.25) is 0 Å². The SMILES string of the molecule is C=CCOCC(CC)(COC)COC. The summed E-state index contributed by atoms with van der Waals surface area (Å²) in [6.45, 7) is 8.28. The molecule has 0 N–H and O–H groups in total. The van der Waals surface area contributed by atoms with E-state index in [-0.39, 0.29) is 5.41 Å². The predicted molar refractivity (Wildman–Crippen MR) is 57.5 cm³/mol. The van der Waals surface area contributed by atoms with E-state index < -0.39 is 0 Å². The van der Waals surface area contributed by atoms with E-state index in [1.54, 1.807) is 20.3 Å². The summed E-state index contributed by atoms with van der Waals surface area (Å²) < 4.78 is 15.9. The molecule has 0 amide bonds. The van der Waals surface area contributed by atoms with Gasteiger partial charge in [-0.1, -0.05) is 13.0 Å². The molecule has 0 atom stereocenters. The Morgan fingerprint density at radius 2 is 1.71 bits per heavy atom. The van der Waals surface area contributed by atoms with Crippen molar-refractivity contribution in [2.75, 3.05) is 40.6 Å². The van der Waals surface area contributed by atoms with Gasteiger partial charge in [0.05, 0.1) is 26.4 Å². The maximum Gasteiger partial charge on any atom is 0.0645 e. The van der Waals surface area contributed by atoms with Crippen molar-refractivity contribution in [2.45, 2.75) is 13.3 Å². The van der Waals surface area contributed by atoms with Crippen molar-refractivity contribution in [3.05, 3.63) is 12.7 Å². The smallest absolute Gasteiger partial charge is 0.0645 e. The molecule has 0 spiro atoms. The molecule has 3 nitrogen and oxygen atoms in total. The fourth-order valence-electron chi connectivity index (χ4n) is 1.40. The van der Waals surface area contributed by atoms with Gasteiger partial charge in [-0.25, -0.2) is 0 Å². The monoisotopic (exact) mass is 202 g/mol. The lowest BCUT2D eigenvalue weighted by molar-refractivity contribution is -0.0469. The number of hydrogen-bond donors (Lipinski definition) is 0. The van der Waals surface area contributed by atoms with Crippen LogP contribution < -0.4 is 0 Å². The number of hydrogen-bond acceptors (Lipinski definition) is 3. The second-order valence-corrected chi connectivity index (χ2v) is 3.52. The van der Waals surface area contributed by atoms with Crippen LogP contribution in [0, 0.1) is 5.41 Å². The number of ether oxygens (including phenoxy) is 3. The summed E-state index contributed by atoms with van der Waals surface area (Å²) in [5.74, 6) is 0. The van der Waals surface area contributed by atoms with Gasteiger partial charge < -0.3 is 14.2 Å². The van der Waals surface area contributed by atoms with Gasteiger partial charge in [0.2, 0.25) is 0 Å². The van der Waals surface area contributed by atoms with E-state index in [4.69, 9.17) is 14.2 Å². The predicted octanol–water partition coefficient (Wildman–Crippen LogP) is 1.88. The van der Waals surface area contributed by atoms with Crippen LogP contribution in [-0.2, 0) is 14.2 Å². The first-order chi connectivity index (χ1) is 6.74. The zero-order valence-corrected chi connectivity index (χ0v) is 9.54. The minimum atomic E-state index is -0.0213. The Balaban J connectivity index is 4.09. The lowest BCUT2D eigenvalue weighted by Gasteiger charge is -2.30. The molecule has 0 unspecified atom stereocenters. The molecule has 0 radical (unpaired) electrons. The summed E-state index contributed by atoms with van der Waals surface area (Å²) in [5, 5.41) is 0. The molecule has 0 aromatic heterocycles. The van der Waals surface area contributed by atoms with Crippen LogP contribution in [0.25, 0.3) is 0 Å². The molecule has 0 aromatic carbocycles. The molecule has 3 heteroatoms. The van der Waals surface area contributed by atoms with E-state index in [1.165, 1.54) is 0 Å². The molecule has 0 saturated carbocycles. The molecule has 0 fully saturated rings. The Kier molecular flexibility index (Phi) is 7.76. The van der Waals surface area contributed by atoms with E-state index in [0.29, 0.717) is 26.4 Å². The van der Waals surface area contributed by atoms with Gasteiger partial charge in [-0.3, -0.25) is 0 Å². The van der Waals surface area contributed by atoms with Crippen LogP contribution in [0.4, 0.5) is 0 Å². The van der Waals surface area contributed by atoms with Gasteiger partial charge in [0.1, 0.15) is 0 Å². The third-order valence-corrected chi connectivity index (χ3v) is 2.29. The molecule has 0 saturated heterocycles. The molecule has 84 valence electrons. The minimum absolute atomic E-state index is 0.0213. The van der Waals surface area contributed by atoms with E-state index in [1.807, 2.05) is 0 Å². The summed E-state index contributed by atoms with van der Waals surface area (Å²) in [6.07, 6.45) is 2.73. The van der Waals surface area contributed by atoms with Crippen molar-refractivity contribution < 1.29 is 14.2 Å². The molecule has 0 bridgehead atoms. The minimum Gasteiger partial charge on any atom is -0.384 e. The highest BCUT2D eigenvalue weighted by Crippen LogP contribution is 2.23. The van der Waals surface area contributed by atoms with Crippen molar-refractivity contribution in [3.63, 3.8) is 0 Å². The normalized spacial score (nSPS) is 11.6. The van der Waals surface area contributed by atoms with Gasteiger partial charge in [0, 0.05) is 19.6 Å². The van der Waals surface area contributed by atoms with Gasteiger partial charge in [-0.2, -0.15) is 0 Å². The Bertz CT molecular complexity index is 139. The Labute approximate surface area is 87.0 Å². The maximum absolute atomic E-state index is 5.47. The van der Waals surface area contributed by atoms with Crippen LogP contribution in [0.5, 0.6) is 0 Å². The Morgan fingerprint density at radius 1 is 1.14 bits per heavy atom. The Morgan fingerprint density at radius 3 is 2.07 bits per heavy atom.